The molecular weight excluding hydrogens is 268 g/mol. The number of nitrogens with zero attached hydrogens (tertiary/aromatic N) is 4. The Hall–Kier alpha value is -1.63. The van der Waals surface area contributed by atoms with Crippen LogP contribution in [0.3, 0.4) is 0 Å². The Morgan fingerprint density at radius 2 is 1.67 bits per heavy atom. The summed E-state index contributed by atoms with van der Waals surface area (Å²) in [7, 11) is 0. The Balaban J connectivity index is 2.86. The van der Waals surface area contributed by atoms with Gasteiger partial charge in [-0.2, -0.15) is 15.0 Å². The largest absolute Gasteiger partial charge is 0.396 e. The number of hydrogen-bond donors (Lipinski definition) is 3. The van der Waals surface area contributed by atoms with Crippen LogP contribution in [0.1, 0.15) is 34.1 Å². The van der Waals surface area contributed by atoms with Crippen LogP contribution in [0.5, 0.6) is 0 Å². The lowest BCUT2D eigenvalue weighted by Crippen LogP contribution is -2.26. The first-order valence-corrected chi connectivity index (χ1v) is 7.74. The SMILES string of the molecule is CCNc1nc(NCC(C)CCO)nc(N(CC)CC)n1. The Kier molecular flexibility index (Phi) is 7.74. The van der Waals surface area contributed by atoms with Crippen LogP contribution in [0.25, 0.3) is 0 Å². The molecule has 0 aromatic carbocycles. The number of aliphatic hydroxyl groups is 1. The fourth-order valence-corrected chi connectivity index (χ4v) is 1.92. The average molecular weight is 296 g/mol. The van der Waals surface area contributed by atoms with E-state index in [9.17, 15) is 0 Å². The standard InChI is InChI=1S/C14H28N6O/c1-5-15-12-17-13(16-10-11(4)8-9-21)19-14(18-12)20(6-2)7-3/h11,21H,5-10H2,1-4H3,(H2,15,16,17,18,19). The minimum absolute atomic E-state index is 0.202. The molecular formula is C14H28N6O. The number of nitrogens with one attached hydrogen (secondary N) is 2. The average Bonchev–Trinajstić information content (AvgIpc) is 2.47. The van der Waals surface area contributed by atoms with E-state index in [1.807, 2.05) is 6.92 Å². The fraction of sp³-hybridized carbons (Fsp3) is 0.786. The van der Waals surface area contributed by atoms with Gasteiger partial charge in [0, 0.05) is 32.8 Å². The molecule has 1 heterocycles. The molecule has 1 atom stereocenters. The molecule has 0 bridgehead atoms. The second kappa shape index (κ2) is 9.33. The maximum Gasteiger partial charge on any atom is 0.231 e. The van der Waals surface area contributed by atoms with E-state index in [-0.39, 0.29) is 6.61 Å². The molecule has 3 N–H and O–H groups in total. The molecule has 120 valence electrons. The molecule has 1 rings (SSSR count). The fourth-order valence-electron chi connectivity index (χ4n) is 1.92. The highest BCUT2D eigenvalue weighted by Crippen LogP contribution is 2.14. The van der Waals surface area contributed by atoms with Gasteiger partial charge in [0.15, 0.2) is 0 Å². The van der Waals surface area contributed by atoms with Gasteiger partial charge in [0.1, 0.15) is 0 Å². The number of hydrogen-bond acceptors (Lipinski definition) is 7. The van der Waals surface area contributed by atoms with Gasteiger partial charge in [0.25, 0.3) is 0 Å². The third kappa shape index (κ3) is 5.71. The Morgan fingerprint density at radius 3 is 2.19 bits per heavy atom. The molecule has 0 radical (unpaired) electrons. The van der Waals surface area contributed by atoms with Crippen LogP contribution in [0.4, 0.5) is 17.8 Å². The summed E-state index contributed by atoms with van der Waals surface area (Å²) in [6.45, 7) is 11.7. The molecule has 0 saturated heterocycles. The van der Waals surface area contributed by atoms with Crippen molar-refractivity contribution in [3.8, 4) is 0 Å². The van der Waals surface area contributed by atoms with E-state index in [4.69, 9.17) is 5.11 Å². The van der Waals surface area contributed by atoms with Gasteiger partial charge in [-0.1, -0.05) is 6.92 Å². The van der Waals surface area contributed by atoms with Crippen LogP contribution < -0.4 is 15.5 Å². The molecule has 0 amide bonds. The monoisotopic (exact) mass is 296 g/mol. The number of rotatable bonds is 10. The van der Waals surface area contributed by atoms with Crippen molar-refractivity contribution in [2.24, 2.45) is 5.92 Å². The first-order chi connectivity index (χ1) is 10.1. The van der Waals surface area contributed by atoms with Crippen molar-refractivity contribution in [1.82, 2.24) is 15.0 Å². The van der Waals surface area contributed by atoms with Crippen molar-refractivity contribution in [3.63, 3.8) is 0 Å². The third-order valence-corrected chi connectivity index (χ3v) is 3.24. The van der Waals surface area contributed by atoms with Gasteiger partial charge in [-0.3, -0.25) is 0 Å². The van der Waals surface area contributed by atoms with Gasteiger partial charge < -0.3 is 20.6 Å². The number of aromatic nitrogens is 3. The van der Waals surface area contributed by atoms with E-state index in [0.717, 1.165) is 32.6 Å². The molecule has 0 saturated carbocycles. The molecule has 0 fully saturated rings. The summed E-state index contributed by atoms with van der Waals surface area (Å²) in [6, 6.07) is 0. The van der Waals surface area contributed by atoms with Gasteiger partial charge in [-0.05, 0) is 33.1 Å². The van der Waals surface area contributed by atoms with Crippen molar-refractivity contribution in [2.75, 3.05) is 48.3 Å². The van der Waals surface area contributed by atoms with Crippen LogP contribution in [0, 0.1) is 5.92 Å². The summed E-state index contributed by atoms with van der Waals surface area (Å²) in [6.07, 6.45) is 0.765. The van der Waals surface area contributed by atoms with Gasteiger partial charge in [0.05, 0.1) is 0 Å². The highest BCUT2D eigenvalue weighted by Gasteiger charge is 2.11. The van der Waals surface area contributed by atoms with Crippen molar-refractivity contribution in [2.45, 2.75) is 34.1 Å². The summed E-state index contributed by atoms with van der Waals surface area (Å²) in [5, 5.41) is 15.3. The molecule has 0 aliphatic heterocycles. The number of aliphatic hydroxyl groups excluding tert-OH is 1. The molecule has 0 aliphatic carbocycles. The summed E-state index contributed by atoms with van der Waals surface area (Å²) in [5.41, 5.74) is 0. The van der Waals surface area contributed by atoms with Crippen LogP contribution in [-0.4, -0.2) is 52.8 Å². The number of anilines is 3. The second-order valence-corrected chi connectivity index (χ2v) is 4.98. The first kappa shape index (κ1) is 17.4. The molecule has 1 aromatic rings. The quantitative estimate of drug-likeness (QED) is 0.604. The summed E-state index contributed by atoms with van der Waals surface area (Å²) < 4.78 is 0. The van der Waals surface area contributed by atoms with E-state index >= 15 is 0 Å². The summed E-state index contributed by atoms with van der Waals surface area (Å²) in [5.74, 6) is 2.22. The van der Waals surface area contributed by atoms with Crippen LogP contribution in [-0.2, 0) is 0 Å². The predicted octanol–water partition coefficient (Wildman–Crippen LogP) is 1.58. The summed E-state index contributed by atoms with van der Waals surface area (Å²) >= 11 is 0. The zero-order valence-electron chi connectivity index (χ0n) is 13.6. The summed E-state index contributed by atoms with van der Waals surface area (Å²) in [4.78, 5) is 15.4. The topological polar surface area (TPSA) is 86.2 Å². The van der Waals surface area contributed by atoms with E-state index in [1.165, 1.54) is 0 Å². The van der Waals surface area contributed by atoms with Gasteiger partial charge in [-0.15, -0.1) is 0 Å². The molecule has 1 aromatic heterocycles. The Bertz CT molecular complexity index is 410. The normalized spacial score (nSPS) is 12.0. The third-order valence-electron chi connectivity index (χ3n) is 3.24. The van der Waals surface area contributed by atoms with E-state index in [1.54, 1.807) is 0 Å². The molecule has 7 heteroatoms. The predicted molar refractivity (Wildman–Crippen MR) is 86.9 cm³/mol. The van der Waals surface area contributed by atoms with Crippen molar-refractivity contribution < 1.29 is 5.11 Å². The van der Waals surface area contributed by atoms with E-state index in [0.29, 0.717) is 23.8 Å². The Labute approximate surface area is 127 Å². The molecule has 21 heavy (non-hydrogen) atoms. The molecule has 7 nitrogen and oxygen atoms in total. The van der Waals surface area contributed by atoms with Crippen molar-refractivity contribution in [1.29, 1.82) is 0 Å². The minimum atomic E-state index is 0.202. The molecule has 0 spiro atoms. The van der Waals surface area contributed by atoms with E-state index < -0.39 is 0 Å². The van der Waals surface area contributed by atoms with Crippen molar-refractivity contribution >= 4 is 17.8 Å². The van der Waals surface area contributed by atoms with Gasteiger partial charge >= 0.3 is 0 Å². The van der Waals surface area contributed by atoms with E-state index in [2.05, 4.69) is 51.3 Å². The first-order valence-electron chi connectivity index (χ1n) is 7.74. The van der Waals surface area contributed by atoms with Crippen LogP contribution >= 0.6 is 0 Å². The Morgan fingerprint density at radius 1 is 1.05 bits per heavy atom. The van der Waals surface area contributed by atoms with Crippen LogP contribution in [0.15, 0.2) is 0 Å². The minimum Gasteiger partial charge on any atom is -0.396 e. The highest BCUT2D eigenvalue weighted by molar-refractivity contribution is 5.43. The maximum absolute atomic E-state index is 8.94. The lowest BCUT2D eigenvalue weighted by Gasteiger charge is -2.20. The lowest BCUT2D eigenvalue weighted by molar-refractivity contribution is 0.265. The molecule has 1 unspecified atom stereocenters. The zero-order valence-corrected chi connectivity index (χ0v) is 13.6. The zero-order chi connectivity index (χ0) is 15.7. The van der Waals surface area contributed by atoms with Gasteiger partial charge in [0.2, 0.25) is 17.8 Å². The highest BCUT2D eigenvalue weighted by atomic mass is 16.3. The maximum atomic E-state index is 8.94. The lowest BCUT2D eigenvalue weighted by atomic mass is 10.1. The second-order valence-electron chi connectivity index (χ2n) is 4.98. The van der Waals surface area contributed by atoms with Crippen molar-refractivity contribution in [3.05, 3.63) is 0 Å². The molecule has 0 aliphatic rings. The van der Waals surface area contributed by atoms with Crippen LogP contribution in [0.2, 0.25) is 0 Å². The van der Waals surface area contributed by atoms with Gasteiger partial charge in [-0.25, -0.2) is 0 Å². The smallest absolute Gasteiger partial charge is 0.231 e.